The monoisotopic (exact) mass is 371 g/mol. The second-order valence-corrected chi connectivity index (χ2v) is 7.23. The van der Waals surface area contributed by atoms with Crippen LogP contribution in [0.1, 0.15) is 5.56 Å². The maximum atomic E-state index is 12.7. The average Bonchev–Trinajstić information content (AvgIpc) is 3.12. The van der Waals surface area contributed by atoms with Gasteiger partial charge in [0.25, 0.3) is 15.9 Å². The van der Waals surface area contributed by atoms with E-state index in [4.69, 9.17) is 4.74 Å². The molecule has 26 heavy (non-hydrogen) atoms. The number of pyridine rings is 1. The van der Waals surface area contributed by atoms with Gasteiger partial charge in [-0.05, 0) is 12.1 Å². The van der Waals surface area contributed by atoms with E-state index < -0.39 is 15.9 Å². The number of benzene rings is 1. The number of sulfonamides is 1. The van der Waals surface area contributed by atoms with E-state index in [0.717, 1.165) is 0 Å². The number of ether oxygens (including phenoxy) is 1. The molecule has 0 radical (unpaired) electrons. The smallest absolute Gasteiger partial charge is 0.284 e. The van der Waals surface area contributed by atoms with Crippen LogP contribution >= 0.6 is 0 Å². The molecule has 8 nitrogen and oxygen atoms in total. The largest absolute Gasteiger partial charge is 0.481 e. The quantitative estimate of drug-likeness (QED) is 0.817. The number of rotatable bonds is 3. The lowest BCUT2D eigenvalue weighted by Crippen LogP contribution is -2.24. The summed E-state index contributed by atoms with van der Waals surface area (Å²) in [6, 6.07) is 8.26. The zero-order valence-corrected chi connectivity index (χ0v) is 14.4. The SMILES string of the molecule is COc1ccc(-c2cccc3c2S(=O)(=O)N=C3C2=CCN(O)C2=O)cn1. The molecule has 0 spiro atoms. The van der Waals surface area contributed by atoms with E-state index in [2.05, 4.69) is 9.38 Å². The summed E-state index contributed by atoms with van der Waals surface area (Å²) in [4.78, 5) is 16.2. The summed E-state index contributed by atoms with van der Waals surface area (Å²) in [6.45, 7) is -0.00927. The van der Waals surface area contributed by atoms with E-state index in [1.54, 1.807) is 30.3 Å². The first-order chi connectivity index (χ1) is 12.4. The summed E-state index contributed by atoms with van der Waals surface area (Å²) >= 11 is 0. The number of hydrogen-bond donors (Lipinski definition) is 1. The maximum Gasteiger partial charge on any atom is 0.284 e. The lowest BCUT2D eigenvalue weighted by atomic mass is 9.98. The zero-order valence-electron chi connectivity index (χ0n) is 13.6. The van der Waals surface area contributed by atoms with Gasteiger partial charge in [0.15, 0.2) is 0 Å². The molecule has 2 aliphatic rings. The lowest BCUT2D eigenvalue weighted by molar-refractivity contribution is -0.154. The summed E-state index contributed by atoms with van der Waals surface area (Å²) in [6.07, 6.45) is 2.96. The van der Waals surface area contributed by atoms with Gasteiger partial charge in [-0.15, -0.1) is 0 Å². The standard InChI is InChI=1S/C17H13N3O5S/c1-25-14-6-5-10(9-18-14)11-3-2-4-12-15(19-26(23,24)16(11)12)13-7-8-20(22)17(13)21/h2-7,9,22H,8H2,1H3. The summed E-state index contributed by atoms with van der Waals surface area (Å²) in [7, 11) is -2.50. The van der Waals surface area contributed by atoms with E-state index in [9.17, 15) is 18.4 Å². The van der Waals surface area contributed by atoms with Crippen molar-refractivity contribution in [3.63, 3.8) is 0 Å². The number of carbonyl (C=O) groups excluding carboxylic acids is 1. The van der Waals surface area contributed by atoms with E-state index >= 15 is 0 Å². The van der Waals surface area contributed by atoms with Crippen LogP contribution in [0.3, 0.4) is 0 Å². The van der Waals surface area contributed by atoms with Crippen molar-refractivity contribution in [1.82, 2.24) is 10.0 Å². The van der Waals surface area contributed by atoms with Gasteiger partial charge >= 0.3 is 0 Å². The van der Waals surface area contributed by atoms with Crippen molar-refractivity contribution in [1.29, 1.82) is 0 Å². The Balaban J connectivity index is 1.88. The number of hydroxylamine groups is 2. The van der Waals surface area contributed by atoms with Crippen molar-refractivity contribution in [3.8, 4) is 17.0 Å². The normalized spacial score (nSPS) is 17.8. The number of aromatic nitrogens is 1. The molecule has 4 rings (SSSR count). The first-order valence-electron chi connectivity index (χ1n) is 7.62. The van der Waals surface area contributed by atoms with Crippen LogP contribution in [0, 0.1) is 0 Å². The summed E-state index contributed by atoms with van der Waals surface area (Å²) < 4.78 is 34.2. The second-order valence-electron chi connectivity index (χ2n) is 5.69. The fourth-order valence-electron chi connectivity index (χ4n) is 2.98. The molecule has 132 valence electrons. The Bertz CT molecular complexity index is 1090. The number of hydrogen-bond acceptors (Lipinski definition) is 6. The highest BCUT2D eigenvalue weighted by atomic mass is 32.2. The molecule has 3 heterocycles. The van der Waals surface area contributed by atoms with Gasteiger partial charge in [0.2, 0.25) is 5.88 Å². The minimum atomic E-state index is -3.99. The molecule has 1 aromatic heterocycles. The zero-order chi connectivity index (χ0) is 18.5. The molecule has 0 bridgehead atoms. The van der Waals surface area contributed by atoms with Crippen LogP contribution in [0.25, 0.3) is 11.1 Å². The lowest BCUT2D eigenvalue weighted by Gasteiger charge is -2.09. The van der Waals surface area contributed by atoms with Crippen molar-refractivity contribution < 1.29 is 23.2 Å². The van der Waals surface area contributed by atoms with E-state index in [1.165, 1.54) is 19.4 Å². The first-order valence-corrected chi connectivity index (χ1v) is 9.06. The van der Waals surface area contributed by atoms with E-state index in [1.807, 2.05) is 0 Å². The Morgan fingerprint density at radius 1 is 1.19 bits per heavy atom. The first kappa shape index (κ1) is 16.4. The van der Waals surface area contributed by atoms with Crippen LogP contribution in [0.5, 0.6) is 5.88 Å². The van der Waals surface area contributed by atoms with Gasteiger partial charge in [-0.3, -0.25) is 10.0 Å². The molecule has 1 N–H and O–H groups in total. The molecule has 0 aliphatic carbocycles. The van der Waals surface area contributed by atoms with Gasteiger partial charge < -0.3 is 4.74 Å². The molecular weight excluding hydrogens is 358 g/mol. The van der Waals surface area contributed by atoms with Crippen molar-refractivity contribution in [2.75, 3.05) is 13.7 Å². The third kappa shape index (κ3) is 2.40. The average molecular weight is 371 g/mol. The topological polar surface area (TPSA) is 109 Å². The molecule has 2 aromatic rings. The number of methoxy groups -OCH3 is 1. The second kappa shape index (κ2) is 5.75. The van der Waals surface area contributed by atoms with Gasteiger partial charge in [0.1, 0.15) is 4.90 Å². The highest BCUT2D eigenvalue weighted by Crippen LogP contribution is 2.38. The van der Waals surface area contributed by atoms with Crippen molar-refractivity contribution in [2.24, 2.45) is 4.40 Å². The van der Waals surface area contributed by atoms with Gasteiger partial charge in [0, 0.05) is 29.0 Å². The number of fused-ring (bicyclic) bond motifs is 1. The molecule has 1 aromatic carbocycles. The fourth-order valence-corrected chi connectivity index (χ4v) is 4.42. The van der Waals surface area contributed by atoms with Crippen molar-refractivity contribution in [3.05, 3.63) is 53.7 Å². The Hall–Kier alpha value is -3.04. The maximum absolute atomic E-state index is 12.7. The van der Waals surface area contributed by atoms with Crippen LogP contribution in [-0.2, 0) is 14.8 Å². The molecule has 0 saturated heterocycles. The fraction of sp³-hybridized carbons (Fsp3) is 0.118. The van der Waals surface area contributed by atoms with Gasteiger partial charge in [0.05, 0.1) is 24.9 Å². The van der Waals surface area contributed by atoms with Crippen LogP contribution in [0.4, 0.5) is 0 Å². The predicted molar refractivity (Wildman–Crippen MR) is 91.5 cm³/mol. The summed E-state index contributed by atoms with van der Waals surface area (Å²) in [5, 5.41) is 10.0. The minimum Gasteiger partial charge on any atom is -0.481 e. The minimum absolute atomic E-state index is 0.00927. The van der Waals surface area contributed by atoms with Crippen LogP contribution in [-0.4, -0.2) is 48.9 Å². The predicted octanol–water partition coefficient (Wildman–Crippen LogP) is 1.41. The Kier molecular flexibility index (Phi) is 3.63. The summed E-state index contributed by atoms with van der Waals surface area (Å²) in [5.74, 6) is -0.269. The van der Waals surface area contributed by atoms with Crippen molar-refractivity contribution >= 4 is 21.6 Å². The molecule has 9 heteroatoms. The molecule has 0 unspecified atom stereocenters. The van der Waals surface area contributed by atoms with Crippen LogP contribution in [0.2, 0.25) is 0 Å². The highest BCUT2D eigenvalue weighted by Gasteiger charge is 2.37. The number of carbonyl (C=O) groups is 1. The van der Waals surface area contributed by atoms with Crippen LogP contribution in [0.15, 0.2) is 57.5 Å². The molecular formula is C17H13N3O5S. The number of nitrogens with zero attached hydrogens (tertiary/aromatic N) is 3. The Morgan fingerprint density at radius 3 is 2.58 bits per heavy atom. The molecule has 1 amide bonds. The Morgan fingerprint density at radius 2 is 1.96 bits per heavy atom. The highest BCUT2D eigenvalue weighted by molar-refractivity contribution is 7.91. The van der Waals surface area contributed by atoms with Gasteiger partial charge in [-0.2, -0.15) is 12.8 Å². The summed E-state index contributed by atoms with van der Waals surface area (Å²) in [5.41, 5.74) is 1.46. The van der Waals surface area contributed by atoms with Crippen LogP contribution < -0.4 is 4.74 Å². The Labute approximate surface area is 149 Å². The van der Waals surface area contributed by atoms with Gasteiger partial charge in [-0.1, -0.05) is 18.2 Å². The van der Waals surface area contributed by atoms with Crippen molar-refractivity contribution in [2.45, 2.75) is 4.90 Å². The third-order valence-corrected chi connectivity index (χ3v) is 5.56. The van der Waals surface area contributed by atoms with E-state index in [-0.39, 0.29) is 22.7 Å². The molecule has 2 aliphatic heterocycles. The third-order valence-electron chi connectivity index (χ3n) is 4.18. The van der Waals surface area contributed by atoms with Gasteiger partial charge in [-0.25, -0.2) is 10.0 Å². The number of amides is 1. The molecule has 0 fully saturated rings. The molecule has 0 atom stereocenters. The molecule has 0 saturated carbocycles. The van der Waals surface area contributed by atoms with E-state index in [0.29, 0.717) is 27.6 Å².